The SMILES string of the molecule is CCCNCc1cnc(N(C)C2CCC(C)(C)CC2)cn1. The second kappa shape index (κ2) is 7.21. The molecule has 0 saturated heterocycles. The van der Waals surface area contributed by atoms with Crippen molar-refractivity contribution < 1.29 is 0 Å². The van der Waals surface area contributed by atoms with E-state index in [9.17, 15) is 0 Å². The largest absolute Gasteiger partial charge is 0.355 e. The fourth-order valence-electron chi connectivity index (χ4n) is 2.97. The third-order valence-electron chi connectivity index (χ3n) is 4.64. The van der Waals surface area contributed by atoms with E-state index in [0.717, 1.165) is 31.0 Å². The van der Waals surface area contributed by atoms with Gasteiger partial charge in [0, 0.05) is 19.6 Å². The summed E-state index contributed by atoms with van der Waals surface area (Å²) < 4.78 is 0. The molecule has 4 nitrogen and oxygen atoms in total. The monoisotopic (exact) mass is 290 g/mol. The summed E-state index contributed by atoms with van der Waals surface area (Å²) in [5.74, 6) is 0.999. The van der Waals surface area contributed by atoms with Crippen molar-refractivity contribution in [2.75, 3.05) is 18.5 Å². The molecule has 1 heterocycles. The van der Waals surface area contributed by atoms with Crippen molar-refractivity contribution in [3.05, 3.63) is 18.1 Å². The number of nitrogens with zero attached hydrogens (tertiary/aromatic N) is 3. The third-order valence-corrected chi connectivity index (χ3v) is 4.64. The van der Waals surface area contributed by atoms with E-state index in [1.165, 1.54) is 25.7 Å². The first kappa shape index (κ1) is 16.2. The molecule has 0 spiro atoms. The van der Waals surface area contributed by atoms with Crippen LogP contribution >= 0.6 is 0 Å². The highest BCUT2D eigenvalue weighted by Gasteiger charge is 2.29. The Morgan fingerprint density at radius 2 is 1.95 bits per heavy atom. The van der Waals surface area contributed by atoms with Crippen LogP contribution in [0.25, 0.3) is 0 Å². The molecule has 1 aromatic rings. The minimum atomic E-state index is 0.512. The van der Waals surface area contributed by atoms with Crippen LogP contribution in [0.3, 0.4) is 0 Å². The van der Waals surface area contributed by atoms with Gasteiger partial charge in [-0.2, -0.15) is 0 Å². The number of anilines is 1. The van der Waals surface area contributed by atoms with E-state index in [1.807, 2.05) is 12.4 Å². The summed E-state index contributed by atoms with van der Waals surface area (Å²) in [6.07, 6.45) is 10.1. The van der Waals surface area contributed by atoms with E-state index in [2.05, 4.69) is 48.0 Å². The molecule has 1 fully saturated rings. The van der Waals surface area contributed by atoms with Gasteiger partial charge in [0.15, 0.2) is 0 Å². The summed E-state index contributed by atoms with van der Waals surface area (Å²) in [5, 5.41) is 3.36. The second-order valence-electron chi connectivity index (χ2n) is 7.05. The van der Waals surface area contributed by atoms with Gasteiger partial charge in [-0.1, -0.05) is 20.8 Å². The lowest BCUT2D eigenvalue weighted by atomic mass is 9.75. The van der Waals surface area contributed by atoms with Crippen LogP contribution in [-0.4, -0.2) is 29.6 Å². The van der Waals surface area contributed by atoms with Gasteiger partial charge in [-0.05, 0) is 44.1 Å². The van der Waals surface area contributed by atoms with Crippen LogP contribution in [-0.2, 0) is 6.54 Å². The fourth-order valence-corrected chi connectivity index (χ4v) is 2.97. The first-order valence-electron chi connectivity index (χ1n) is 8.26. The molecule has 0 atom stereocenters. The fraction of sp³-hybridized carbons (Fsp3) is 0.765. The van der Waals surface area contributed by atoms with E-state index in [1.54, 1.807) is 0 Å². The maximum atomic E-state index is 4.59. The molecule has 0 bridgehead atoms. The van der Waals surface area contributed by atoms with Gasteiger partial charge in [-0.25, -0.2) is 4.98 Å². The van der Waals surface area contributed by atoms with Gasteiger partial charge < -0.3 is 10.2 Å². The predicted molar refractivity (Wildman–Crippen MR) is 88.5 cm³/mol. The molecule has 0 amide bonds. The molecule has 2 rings (SSSR count). The summed E-state index contributed by atoms with van der Waals surface area (Å²) in [6, 6.07) is 0.608. The summed E-state index contributed by atoms with van der Waals surface area (Å²) in [7, 11) is 2.15. The molecule has 1 aromatic heterocycles. The average Bonchev–Trinajstić information content (AvgIpc) is 2.48. The Morgan fingerprint density at radius 1 is 1.24 bits per heavy atom. The van der Waals surface area contributed by atoms with Crippen LogP contribution in [0.2, 0.25) is 0 Å². The highest BCUT2D eigenvalue weighted by Crippen LogP contribution is 2.37. The molecule has 0 unspecified atom stereocenters. The van der Waals surface area contributed by atoms with Crippen LogP contribution in [0.5, 0.6) is 0 Å². The van der Waals surface area contributed by atoms with Gasteiger partial charge in [0.25, 0.3) is 0 Å². The lowest BCUT2D eigenvalue weighted by molar-refractivity contribution is 0.222. The molecule has 0 aromatic carbocycles. The highest BCUT2D eigenvalue weighted by molar-refractivity contribution is 5.36. The summed E-state index contributed by atoms with van der Waals surface area (Å²) in [6.45, 7) is 8.76. The molecular weight excluding hydrogens is 260 g/mol. The van der Waals surface area contributed by atoms with E-state index in [-0.39, 0.29) is 0 Å². The van der Waals surface area contributed by atoms with Gasteiger partial charge in [0.1, 0.15) is 5.82 Å². The van der Waals surface area contributed by atoms with E-state index in [4.69, 9.17) is 0 Å². The van der Waals surface area contributed by atoms with Crippen LogP contribution < -0.4 is 10.2 Å². The van der Waals surface area contributed by atoms with Gasteiger partial charge >= 0.3 is 0 Å². The molecule has 1 aliphatic rings. The van der Waals surface area contributed by atoms with Crippen LogP contribution in [0.15, 0.2) is 12.4 Å². The number of nitrogens with one attached hydrogen (secondary N) is 1. The smallest absolute Gasteiger partial charge is 0.147 e. The minimum absolute atomic E-state index is 0.512. The molecule has 1 N–H and O–H groups in total. The zero-order valence-corrected chi connectivity index (χ0v) is 14.0. The standard InChI is InChI=1S/C17H30N4/c1-5-10-18-11-14-12-20-16(13-19-14)21(4)15-6-8-17(2,3)9-7-15/h12-13,15,18H,5-11H2,1-4H3. The van der Waals surface area contributed by atoms with Crippen LogP contribution in [0.1, 0.15) is 58.6 Å². The predicted octanol–water partition coefficient (Wildman–Crippen LogP) is 3.38. The Bertz CT molecular complexity index is 417. The Kier molecular flexibility index (Phi) is 5.57. The molecule has 0 aliphatic heterocycles. The number of hydrogen-bond donors (Lipinski definition) is 1. The maximum absolute atomic E-state index is 4.59. The molecule has 21 heavy (non-hydrogen) atoms. The van der Waals surface area contributed by atoms with Gasteiger partial charge in [0.2, 0.25) is 0 Å². The highest BCUT2D eigenvalue weighted by atomic mass is 15.2. The van der Waals surface area contributed by atoms with Crippen molar-refractivity contribution in [1.82, 2.24) is 15.3 Å². The minimum Gasteiger partial charge on any atom is -0.355 e. The van der Waals surface area contributed by atoms with Crippen LogP contribution in [0.4, 0.5) is 5.82 Å². The van der Waals surface area contributed by atoms with Crippen molar-refractivity contribution in [3.63, 3.8) is 0 Å². The first-order valence-corrected chi connectivity index (χ1v) is 8.26. The lowest BCUT2D eigenvalue weighted by Gasteiger charge is -2.39. The molecule has 1 aliphatic carbocycles. The molecule has 1 saturated carbocycles. The van der Waals surface area contributed by atoms with E-state index < -0.39 is 0 Å². The molecule has 0 radical (unpaired) electrons. The molecular formula is C17H30N4. The quantitative estimate of drug-likeness (QED) is 0.815. The van der Waals surface area contributed by atoms with Crippen molar-refractivity contribution in [3.8, 4) is 0 Å². The average molecular weight is 290 g/mol. The van der Waals surface area contributed by atoms with Crippen molar-refractivity contribution in [1.29, 1.82) is 0 Å². The Morgan fingerprint density at radius 3 is 2.52 bits per heavy atom. The topological polar surface area (TPSA) is 41.1 Å². The van der Waals surface area contributed by atoms with Gasteiger partial charge in [0.05, 0.1) is 18.1 Å². The number of hydrogen-bond acceptors (Lipinski definition) is 4. The third kappa shape index (κ3) is 4.67. The molecule has 4 heteroatoms. The van der Waals surface area contributed by atoms with Crippen molar-refractivity contribution in [2.45, 2.75) is 65.5 Å². The maximum Gasteiger partial charge on any atom is 0.147 e. The normalized spacial score (nSPS) is 18.7. The number of aromatic nitrogens is 2. The second-order valence-corrected chi connectivity index (χ2v) is 7.05. The Labute approximate surface area is 129 Å². The lowest BCUT2D eigenvalue weighted by Crippen LogP contribution is -2.37. The van der Waals surface area contributed by atoms with Crippen molar-refractivity contribution in [2.24, 2.45) is 5.41 Å². The Hall–Kier alpha value is -1.16. The summed E-state index contributed by atoms with van der Waals surface area (Å²) >= 11 is 0. The first-order chi connectivity index (χ1) is 10.0. The Balaban J connectivity index is 1.89. The zero-order chi connectivity index (χ0) is 15.3. The summed E-state index contributed by atoms with van der Waals surface area (Å²) in [4.78, 5) is 11.4. The van der Waals surface area contributed by atoms with E-state index >= 15 is 0 Å². The van der Waals surface area contributed by atoms with Gasteiger partial charge in [-0.3, -0.25) is 4.98 Å². The van der Waals surface area contributed by atoms with Gasteiger partial charge in [-0.15, -0.1) is 0 Å². The van der Waals surface area contributed by atoms with E-state index in [0.29, 0.717) is 11.5 Å². The number of rotatable bonds is 6. The van der Waals surface area contributed by atoms with Crippen molar-refractivity contribution >= 4 is 5.82 Å². The van der Waals surface area contributed by atoms with Crippen LogP contribution in [0, 0.1) is 5.41 Å². The molecule has 118 valence electrons. The zero-order valence-electron chi connectivity index (χ0n) is 14.0. The summed E-state index contributed by atoms with van der Waals surface area (Å²) in [5.41, 5.74) is 1.53.